The number of nitrogens with zero attached hydrogens (tertiary/aromatic N) is 1. The fourth-order valence-corrected chi connectivity index (χ4v) is 3.89. The van der Waals surface area contributed by atoms with Crippen LogP contribution in [-0.2, 0) is 11.2 Å². The number of aryl methyl sites for hydroxylation is 1. The Morgan fingerprint density at radius 2 is 1.69 bits per heavy atom. The van der Waals surface area contributed by atoms with Gasteiger partial charge in [0.2, 0.25) is 0 Å². The lowest BCUT2D eigenvalue weighted by atomic mass is 9.90. The van der Waals surface area contributed by atoms with Gasteiger partial charge in [-0.05, 0) is 80.6 Å². The van der Waals surface area contributed by atoms with Crippen molar-refractivity contribution in [1.29, 1.82) is 0 Å². The van der Waals surface area contributed by atoms with Gasteiger partial charge in [-0.15, -0.1) is 0 Å². The van der Waals surface area contributed by atoms with Crippen LogP contribution in [0, 0.1) is 5.92 Å². The summed E-state index contributed by atoms with van der Waals surface area (Å²) in [5.41, 5.74) is 6.52. The zero-order chi connectivity index (χ0) is 22.9. The molecule has 0 atom stereocenters. The molecule has 1 fully saturated rings. The van der Waals surface area contributed by atoms with Crippen LogP contribution in [0.2, 0.25) is 0 Å². The van der Waals surface area contributed by atoms with Gasteiger partial charge >= 0.3 is 0 Å². The number of hydrazine groups is 1. The molecule has 2 aromatic carbocycles. The maximum Gasteiger partial charge on any atom is 0.269 e. The number of hydrogen-bond acceptors (Lipinski definition) is 6. The molecular formula is C24H31N3O5. The maximum absolute atomic E-state index is 12.3. The highest BCUT2D eigenvalue weighted by Gasteiger charge is 2.21. The topological polar surface area (TPSA) is 100 Å². The number of hydrogen-bond donors (Lipinski definition) is 3. The van der Waals surface area contributed by atoms with Crippen molar-refractivity contribution in [2.45, 2.75) is 25.7 Å². The van der Waals surface area contributed by atoms with Crippen LogP contribution in [-0.4, -0.2) is 55.7 Å². The molecule has 3 rings (SSSR count). The van der Waals surface area contributed by atoms with Crippen molar-refractivity contribution >= 4 is 11.8 Å². The number of aromatic hydroxyl groups is 1. The number of nitrogens with one attached hydrogen (secondary N) is 2. The third-order valence-electron chi connectivity index (χ3n) is 5.81. The van der Waals surface area contributed by atoms with Crippen molar-refractivity contribution in [2.75, 3.05) is 33.9 Å². The van der Waals surface area contributed by atoms with E-state index in [0.717, 1.165) is 38.8 Å². The fraction of sp³-hybridized carbons (Fsp3) is 0.417. The lowest BCUT2D eigenvalue weighted by Gasteiger charge is -2.31. The predicted molar refractivity (Wildman–Crippen MR) is 121 cm³/mol. The van der Waals surface area contributed by atoms with E-state index in [1.54, 1.807) is 30.3 Å². The Kier molecular flexibility index (Phi) is 8.33. The maximum atomic E-state index is 12.3. The molecule has 0 aliphatic carbocycles. The van der Waals surface area contributed by atoms with Gasteiger partial charge in [-0.1, -0.05) is 12.1 Å². The van der Waals surface area contributed by atoms with Gasteiger partial charge in [0, 0.05) is 5.56 Å². The lowest BCUT2D eigenvalue weighted by Crippen LogP contribution is -2.47. The van der Waals surface area contributed by atoms with E-state index in [0.29, 0.717) is 28.7 Å². The molecule has 8 heteroatoms. The number of phenols is 1. The minimum absolute atomic E-state index is 0.247. The number of rotatable bonds is 8. The summed E-state index contributed by atoms with van der Waals surface area (Å²) in [5.74, 6) is 1.22. The van der Waals surface area contributed by atoms with Crippen LogP contribution in [0.15, 0.2) is 42.5 Å². The van der Waals surface area contributed by atoms with E-state index >= 15 is 0 Å². The number of ether oxygens (including phenoxy) is 2. The van der Waals surface area contributed by atoms with Gasteiger partial charge in [-0.3, -0.25) is 25.3 Å². The van der Waals surface area contributed by atoms with E-state index in [1.165, 1.54) is 19.8 Å². The number of likely N-dealkylation sites (tertiary alicyclic amines) is 1. The molecule has 172 valence electrons. The normalized spacial score (nSPS) is 14.6. The molecule has 0 bridgehead atoms. The van der Waals surface area contributed by atoms with Crippen LogP contribution >= 0.6 is 0 Å². The molecule has 0 unspecified atom stereocenters. The van der Waals surface area contributed by atoms with Crippen LogP contribution in [0.5, 0.6) is 17.2 Å². The molecule has 2 aromatic rings. The average molecular weight is 442 g/mol. The molecule has 0 radical (unpaired) electrons. The summed E-state index contributed by atoms with van der Waals surface area (Å²) in [6.07, 6.45) is 4.19. The molecule has 0 spiro atoms. The van der Waals surface area contributed by atoms with Gasteiger partial charge in [-0.2, -0.15) is 0 Å². The average Bonchev–Trinajstić information content (AvgIpc) is 2.82. The van der Waals surface area contributed by atoms with E-state index in [9.17, 15) is 14.7 Å². The van der Waals surface area contributed by atoms with Crippen molar-refractivity contribution in [2.24, 2.45) is 5.92 Å². The van der Waals surface area contributed by atoms with Gasteiger partial charge in [0.05, 0.1) is 20.8 Å². The SMILES string of the molecule is COc1ccc(C(=O)NNC(=O)CN2CCC(CCc3ccc(O)cc3)CC2)cc1OC. The molecular weight excluding hydrogens is 410 g/mol. The predicted octanol–water partition coefficient (Wildman–Crippen LogP) is 2.52. The summed E-state index contributed by atoms with van der Waals surface area (Å²) >= 11 is 0. The molecule has 0 saturated carbocycles. The number of benzene rings is 2. The van der Waals surface area contributed by atoms with E-state index in [-0.39, 0.29) is 12.5 Å². The Balaban J connectivity index is 1.37. The molecule has 32 heavy (non-hydrogen) atoms. The summed E-state index contributed by atoms with van der Waals surface area (Å²) in [7, 11) is 3.02. The molecule has 2 amide bonds. The second kappa shape index (κ2) is 11.4. The van der Waals surface area contributed by atoms with Gasteiger partial charge in [0.1, 0.15) is 5.75 Å². The molecule has 8 nitrogen and oxygen atoms in total. The summed E-state index contributed by atoms with van der Waals surface area (Å²) < 4.78 is 10.4. The van der Waals surface area contributed by atoms with Crippen LogP contribution in [0.25, 0.3) is 0 Å². The lowest BCUT2D eigenvalue weighted by molar-refractivity contribution is -0.123. The highest BCUT2D eigenvalue weighted by atomic mass is 16.5. The largest absolute Gasteiger partial charge is 0.508 e. The Morgan fingerprint density at radius 3 is 2.34 bits per heavy atom. The summed E-state index contributed by atoms with van der Waals surface area (Å²) in [6, 6.07) is 12.2. The monoisotopic (exact) mass is 441 g/mol. The first-order chi connectivity index (χ1) is 15.5. The third kappa shape index (κ3) is 6.62. The number of methoxy groups -OCH3 is 2. The van der Waals surface area contributed by atoms with Crippen LogP contribution < -0.4 is 20.3 Å². The summed E-state index contributed by atoms with van der Waals surface area (Å²) in [5, 5.41) is 9.37. The first-order valence-electron chi connectivity index (χ1n) is 10.8. The number of carbonyl (C=O) groups is 2. The summed E-state index contributed by atoms with van der Waals surface area (Å²) in [6.45, 7) is 1.96. The standard InChI is InChI=1S/C24H31N3O5/c1-31-21-10-7-19(15-22(21)32-2)24(30)26-25-23(29)16-27-13-11-18(12-14-27)4-3-17-5-8-20(28)9-6-17/h5-10,15,18,28H,3-4,11-14,16H2,1-2H3,(H,25,29)(H,26,30). The minimum atomic E-state index is -0.424. The third-order valence-corrected chi connectivity index (χ3v) is 5.81. The zero-order valence-electron chi connectivity index (χ0n) is 18.6. The van der Waals surface area contributed by atoms with E-state index in [2.05, 4.69) is 15.8 Å². The highest BCUT2D eigenvalue weighted by Crippen LogP contribution is 2.27. The van der Waals surface area contributed by atoms with Crippen LogP contribution in [0.4, 0.5) is 0 Å². The molecule has 3 N–H and O–H groups in total. The molecule has 1 aliphatic heterocycles. The number of piperidine rings is 1. The number of amides is 2. The van der Waals surface area contributed by atoms with Gasteiger partial charge < -0.3 is 14.6 Å². The number of carbonyl (C=O) groups excluding carboxylic acids is 2. The van der Waals surface area contributed by atoms with Crippen molar-refractivity contribution in [3.63, 3.8) is 0 Å². The van der Waals surface area contributed by atoms with Crippen molar-refractivity contribution < 1.29 is 24.2 Å². The van der Waals surface area contributed by atoms with Gasteiger partial charge in [0.25, 0.3) is 11.8 Å². The molecule has 1 heterocycles. The zero-order valence-corrected chi connectivity index (χ0v) is 18.6. The second-order valence-electron chi connectivity index (χ2n) is 8.00. The summed E-state index contributed by atoms with van der Waals surface area (Å²) in [4.78, 5) is 26.7. The van der Waals surface area contributed by atoms with Crippen molar-refractivity contribution in [3.8, 4) is 17.2 Å². The smallest absolute Gasteiger partial charge is 0.269 e. The molecule has 1 saturated heterocycles. The van der Waals surface area contributed by atoms with Crippen LogP contribution in [0.1, 0.15) is 35.2 Å². The Bertz CT molecular complexity index is 908. The highest BCUT2D eigenvalue weighted by molar-refractivity contribution is 5.96. The van der Waals surface area contributed by atoms with E-state index in [4.69, 9.17) is 9.47 Å². The quantitative estimate of drug-likeness (QED) is 0.545. The van der Waals surface area contributed by atoms with E-state index in [1.807, 2.05) is 12.1 Å². The van der Waals surface area contributed by atoms with Crippen molar-refractivity contribution in [3.05, 3.63) is 53.6 Å². The number of phenolic OH excluding ortho intramolecular Hbond substituents is 1. The van der Waals surface area contributed by atoms with Gasteiger partial charge in [0.15, 0.2) is 11.5 Å². The first-order valence-corrected chi connectivity index (χ1v) is 10.8. The fourth-order valence-electron chi connectivity index (χ4n) is 3.89. The van der Waals surface area contributed by atoms with Crippen LogP contribution in [0.3, 0.4) is 0 Å². The second-order valence-corrected chi connectivity index (χ2v) is 8.00. The first kappa shape index (κ1) is 23.4. The molecule has 1 aliphatic rings. The Morgan fingerprint density at radius 1 is 1.00 bits per heavy atom. The molecule has 0 aromatic heterocycles. The van der Waals surface area contributed by atoms with Crippen molar-refractivity contribution in [1.82, 2.24) is 15.8 Å². The van der Waals surface area contributed by atoms with Gasteiger partial charge in [-0.25, -0.2) is 0 Å². The van der Waals surface area contributed by atoms with E-state index < -0.39 is 5.91 Å². The Hall–Kier alpha value is -3.26. The minimum Gasteiger partial charge on any atom is -0.508 e. The Labute approximate surface area is 188 Å².